The second-order valence-electron chi connectivity index (χ2n) is 3.53. The van der Waals surface area contributed by atoms with Crippen molar-refractivity contribution in [1.29, 1.82) is 0 Å². The summed E-state index contributed by atoms with van der Waals surface area (Å²) in [6.45, 7) is 4.00. The Morgan fingerprint density at radius 3 is 3.00 bits per heavy atom. The Labute approximate surface area is 112 Å². The first-order chi connectivity index (χ1) is 7.74. The molecule has 0 saturated carbocycles. The van der Waals surface area contributed by atoms with Gasteiger partial charge in [-0.15, -0.1) is 22.7 Å². The molecule has 0 aliphatic heterocycles. The van der Waals surface area contributed by atoms with Gasteiger partial charge in [0.05, 0.1) is 8.79 Å². The molecule has 5 heteroatoms. The van der Waals surface area contributed by atoms with E-state index in [2.05, 4.69) is 37.7 Å². The van der Waals surface area contributed by atoms with Crippen LogP contribution in [-0.2, 0) is 13.0 Å². The van der Waals surface area contributed by atoms with Gasteiger partial charge in [0.2, 0.25) is 0 Å². The van der Waals surface area contributed by atoms with E-state index in [1.165, 1.54) is 14.2 Å². The fourth-order valence-electron chi connectivity index (χ4n) is 1.40. The highest BCUT2D eigenvalue weighted by Gasteiger charge is 1.99. The van der Waals surface area contributed by atoms with Crippen LogP contribution < -0.4 is 5.32 Å². The lowest BCUT2D eigenvalue weighted by atomic mass is 10.3. The molecule has 2 heterocycles. The van der Waals surface area contributed by atoms with Crippen molar-refractivity contribution in [1.82, 2.24) is 10.3 Å². The van der Waals surface area contributed by atoms with Crippen LogP contribution in [0.3, 0.4) is 0 Å². The van der Waals surface area contributed by atoms with Crippen LogP contribution in [0, 0.1) is 6.92 Å². The molecule has 1 N–H and O–H groups in total. The maximum Gasteiger partial charge on any atom is 0.0896 e. The molecule has 0 aliphatic carbocycles. The molecule has 2 rings (SSSR count). The molecule has 86 valence electrons. The number of nitrogens with zero attached hydrogens (tertiary/aromatic N) is 1. The Kier molecular flexibility index (Phi) is 4.52. The van der Waals surface area contributed by atoms with E-state index in [-0.39, 0.29) is 0 Å². The monoisotopic (exact) mass is 316 g/mol. The Hall–Kier alpha value is -0.230. The summed E-state index contributed by atoms with van der Waals surface area (Å²) in [5.41, 5.74) is 1.34. The van der Waals surface area contributed by atoms with Crippen LogP contribution >= 0.6 is 38.6 Å². The predicted octanol–water partition coefficient (Wildman–Crippen LogP) is 3.61. The average Bonchev–Trinajstić information content (AvgIpc) is 2.83. The molecule has 2 nitrogen and oxygen atoms in total. The van der Waals surface area contributed by atoms with Crippen molar-refractivity contribution in [2.24, 2.45) is 0 Å². The van der Waals surface area contributed by atoms with Crippen molar-refractivity contribution >= 4 is 38.6 Å². The summed E-state index contributed by atoms with van der Waals surface area (Å²) in [6.07, 6.45) is 3.04. The third-order valence-corrected chi connectivity index (χ3v) is 4.69. The summed E-state index contributed by atoms with van der Waals surface area (Å²) < 4.78 is 1.20. The molecule has 2 aromatic rings. The smallest absolute Gasteiger partial charge is 0.0896 e. The first-order valence-electron chi connectivity index (χ1n) is 5.09. The highest BCUT2D eigenvalue weighted by atomic mass is 79.9. The molecule has 0 aliphatic rings. The zero-order valence-corrected chi connectivity index (χ0v) is 12.2. The van der Waals surface area contributed by atoms with Crippen molar-refractivity contribution in [3.63, 3.8) is 0 Å². The molecule has 0 radical (unpaired) electrons. The van der Waals surface area contributed by atoms with Crippen molar-refractivity contribution < 1.29 is 0 Å². The number of aryl methyl sites for hydroxylation is 1. The molecule has 16 heavy (non-hydrogen) atoms. The largest absolute Gasteiger partial charge is 0.312 e. The molecule has 0 aromatic carbocycles. The van der Waals surface area contributed by atoms with Gasteiger partial charge in [-0.05, 0) is 46.3 Å². The first-order valence-corrected chi connectivity index (χ1v) is 7.58. The lowest BCUT2D eigenvalue weighted by Gasteiger charge is -2.00. The second kappa shape index (κ2) is 5.91. The number of nitrogens with one attached hydrogen (secondary N) is 1. The predicted molar refractivity (Wildman–Crippen MR) is 74.3 cm³/mol. The lowest BCUT2D eigenvalue weighted by Crippen LogP contribution is -2.15. The van der Waals surface area contributed by atoms with Gasteiger partial charge in [0, 0.05) is 24.2 Å². The number of thiophene rings is 1. The topological polar surface area (TPSA) is 24.9 Å². The van der Waals surface area contributed by atoms with Gasteiger partial charge in [-0.2, -0.15) is 0 Å². The number of halogens is 1. The molecule has 0 fully saturated rings. The van der Waals surface area contributed by atoms with Crippen molar-refractivity contribution in [3.8, 4) is 0 Å². The molecule has 0 saturated heterocycles. The maximum atomic E-state index is 4.24. The number of aromatic nitrogens is 1. The van der Waals surface area contributed by atoms with E-state index in [1.54, 1.807) is 22.7 Å². The van der Waals surface area contributed by atoms with E-state index in [0.717, 1.165) is 24.5 Å². The minimum atomic E-state index is 0.944. The summed E-state index contributed by atoms with van der Waals surface area (Å²) >= 11 is 6.98. The van der Waals surface area contributed by atoms with E-state index >= 15 is 0 Å². The molecular formula is C11H13BrN2S2. The molecule has 0 atom stereocenters. The van der Waals surface area contributed by atoms with Gasteiger partial charge in [0.25, 0.3) is 0 Å². The van der Waals surface area contributed by atoms with Crippen molar-refractivity contribution in [3.05, 3.63) is 36.9 Å². The summed E-state index contributed by atoms with van der Waals surface area (Å²) in [5, 5.41) is 6.76. The second-order valence-corrected chi connectivity index (χ2v) is 7.14. The zero-order valence-electron chi connectivity index (χ0n) is 9.00. The average molecular weight is 317 g/mol. The Morgan fingerprint density at radius 2 is 2.38 bits per heavy atom. The van der Waals surface area contributed by atoms with Crippen LogP contribution in [0.1, 0.15) is 15.4 Å². The Morgan fingerprint density at radius 1 is 1.50 bits per heavy atom. The number of thiazole rings is 1. The van der Waals surface area contributed by atoms with Gasteiger partial charge in [-0.3, -0.25) is 0 Å². The van der Waals surface area contributed by atoms with Crippen LogP contribution in [0.4, 0.5) is 0 Å². The van der Waals surface area contributed by atoms with Crippen molar-refractivity contribution in [2.45, 2.75) is 19.9 Å². The number of hydrogen-bond donors (Lipinski definition) is 1. The van der Waals surface area contributed by atoms with E-state index in [4.69, 9.17) is 0 Å². The summed E-state index contributed by atoms with van der Waals surface area (Å²) in [7, 11) is 0. The fraction of sp³-hybridized carbons (Fsp3) is 0.364. The van der Waals surface area contributed by atoms with Gasteiger partial charge < -0.3 is 5.32 Å². The Bertz CT molecular complexity index is 408. The van der Waals surface area contributed by atoms with Crippen LogP contribution in [0.2, 0.25) is 0 Å². The van der Waals surface area contributed by atoms with Crippen molar-refractivity contribution in [2.75, 3.05) is 6.54 Å². The Balaban J connectivity index is 1.69. The fourth-order valence-corrected chi connectivity index (χ4v) is 3.41. The standard InChI is InChI=1S/C11H13BrN2S2/c1-8-14-6-10(16-8)2-3-13-5-9-4-11(12)15-7-9/h4,6-7,13H,2-3,5H2,1H3. The highest BCUT2D eigenvalue weighted by molar-refractivity contribution is 9.11. The van der Waals surface area contributed by atoms with E-state index < -0.39 is 0 Å². The summed E-state index contributed by atoms with van der Waals surface area (Å²) in [6, 6.07) is 2.16. The molecule has 0 spiro atoms. The van der Waals surface area contributed by atoms with Gasteiger partial charge in [0.15, 0.2) is 0 Å². The van der Waals surface area contributed by atoms with Gasteiger partial charge in [-0.25, -0.2) is 4.98 Å². The molecule has 2 aromatic heterocycles. The van der Waals surface area contributed by atoms with Crippen LogP contribution in [0.15, 0.2) is 21.4 Å². The van der Waals surface area contributed by atoms with Gasteiger partial charge in [0.1, 0.15) is 0 Å². The lowest BCUT2D eigenvalue weighted by molar-refractivity contribution is 0.691. The third kappa shape index (κ3) is 3.66. The van der Waals surface area contributed by atoms with Crippen LogP contribution in [0.5, 0.6) is 0 Å². The minimum absolute atomic E-state index is 0.944. The third-order valence-electron chi connectivity index (χ3n) is 2.17. The number of rotatable bonds is 5. The SMILES string of the molecule is Cc1ncc(CCNCc2csc(Br)c2)s1. The number of hydrogen-bond acceptors (Lipinski definition) is 4. The summed E-state index contributed by atoms with van der Waals surface area (Å²) in [4.78, 5) is 5.60. The summed E-state index contributed by atoms with van der Waals surface area (Å²) in [5.74, 6) is 0. The zero-order chi connectivity index (χ0) is 11.4. The maximum absolute atomic E-state index is 4.24. The van der Waals surface area contributed by atoms with Gasteiger partial charge >= 0.3 is 0 Å². The molecular weight excluding hydrogens is 304 g/mol. The molecule has 0 unspecified atom stereocenters. The van der Waals surface area contributed by atoms with E-state index in [1.807, 2.05) is 13.1 Å². The quantitative estimate of drug-likeness (QED) is 0.852. The molecule has 0 amide bonds. The van der Waals surface area contributed by atoms with Crippen LogP contribution in [-0.4, -0.2) is 11.5 Å². The normalized spacial score (nSPS) is 10.9. The van der Waals surface area contributed by atoms with E-state index in [0.29, 0.717) is 0 Å². The minimum Gasteiger partial charge on any atom is -0.312 e. The first kappa shape index (κ1) is 12.2. The van der Waals surface area contributed by atoms with Crippen LogP contribution in [0.25, 0.3) is 0 Å². The molecule has 0 bridgehead atoms. The van der Waals surface area contributed by atoms with Gasteiger partial charge in [-0.1, -0.05) is 0 Å². The van der Waals surface area contributed by atoms with E-state index in [9.17, 15) is 0 Å². The highest BCUT2D eigenvalue weighted by Crippen LogP contribution is 2.20.